The van der Waals surface area contributed by atoms with Crippen molar-refractivity contribution < 1.29 is 14.9 Å². The van der Waals surface area contributed by atoms with Gasteiger partial charge in [-0.15, -0.1) is 0 Å². The van der Waals surface area contributed by atoms with Crippen molar-refractivity contribution in [3.8, 4) is 11.5 Å². The molecular weight excluding hydrogens is 398 g/mol. The van der Waals surface area contributed by atoms with Gasteiger partial charge in [0.2, 0.25) is 0 Å². The number of aliphatic hydroxyl groups is 1. The molecule has 5 heteroatoms. The molecule has 0 aliphatic rings. The summed E-state index contributed by atoms with van der Waals surface area (Å²) in [7, 11) is 0. The fourth-order valence-corrected chi connectivity index (χ4v) is 1.83. The lowest BCUT2D eigenvalue weighted by molar-refractivity contribution is 0.200. The quantitative estimate of drug-likeness (QED) is 0.756. The Morgan fingerprint density at radius 1 is 1.23 bits per heavy atom. The lowest BCUT2D eigenvalue weighted by Crippen LogP contribution is -2.02. The molecule has 3 nitrogen and oxygen atoms in total. The lowest BCUT2D eigenvalue weighted by Gasteiger charge is -2.07. The summed E-state index contributed by atoms with van der Waals surface area (Å²) in [5, 5.41) is 17.9. The molecule has 0 amide bonds. The second-order valence-electron chi connectivity index (χ2n) is 2.31. The molecule has 2 N–H and O–H groups in total. The normalized spacial score (nSPS) is 10.1. The second kappa shape index (κ2) is 5.20. The van der Waals surface area contributed by atoms with Gasteiger partial charge in [-0.25, -0.2) is 0 Å². The number of hydrogen-bond acceptors (Lipinski definition) is 3. The van der Waals surface area contributed by atoms with Gasteiger partial charge in [0.05, 0.1) is 13.7 Å². The molecule has 13 heavy (non-hydrogen) atoms. The van der Waals surface area contributed by atoms with Crippen molar-refractivity contribution in [3.63, 3.8) is 0 Å². The Hall–Kier alpha value is 0.240. The molecule has 0 saturated carbocycles. The van der Waals surface area contributed by atoms with Crippen LogP contribution in [0.25, 0.3) is 0 Å². The minimum absolute atomic E-state index is 0.00641. The second-order valence-corrected chi connectivity index (χ2v) is 4.63. The van der Waals surface area contributed by atoms with Gasteiger partial charge in [0.25, 0.3) is 0 Å². The molecule has 0 fully saturated rings. The Morgan fingerprint density at radius 2 is 1.92 bits per heavy atom. The molecule has 0 bridgehead atoms. The van der Waals surface area contributed by atoms with E-state index in [1.165, 1.54) is 0 Å². The highest BCUT2D eigenvalue weighted by atomic mass is 127. The molecule has 0 aliphatic heterocycles. The molecule has 0 spiro atoms. The molecule has 0 radical (unpaired) electrons. The van der Waals surface area contributed by atoms with Crippen molar-refractivity contribution in [2.75, 3.05) is 13.2 Å². The Balaban J connectivity index is 2.88. The summed E-state index contributed by atoms with van der Waals surface area (Å²) in [5.41, 5.74) is 0. The third-order valence-electron chi connectivity index (χ3n) is 1.35. The number of phenols is 1. The van der Waals surface area contributed by atoms with Gasteiger partial charge in [0.15, 0.2) is 0 Å². The summed E-state index contributed by atoms with van der Waals surface area (Å²) < 4.78 is 6.83. The number of halogens is 2. The molecule has 1 aromatic carbocycles. The molecule has 1 aromatic rings. The van der Waals surface area contributed by atoms with E-state index in [0.29, 0.717) is 5.75 Å². The molecule has 0 aromatic heterocycles. The number of hydrogen-bond donors (Lipinski definition) is 2. The third kappa shape index (κ3) is 3.13. The molecular formula is C8H8I2O3. The van der Waals surface area contributed by atoms with Gasteiger partial charge >= 0.3 is 0 Å². The maximum absolute atomic E-state index is 9.33. The van der Waals surface area contributed by atoms with E-state index in [1.807, 2.05) is 22.6 Å². The van der Waals surface area contributed by atoms with E-state index < -0.39 is 0 Å². The van der Waals surface area contributed by atoms with Crippen LogP contribution in [-0.4, -0.2) is 23.4 Å². The summed E-state index contributed by atoms with van der Waals surface area (Å²) in [6.07, 6.45) is 0. The number of aromatic hydroxyl groups is 1. The Labute approximate surface area is 103 Å². The maximum Gasteiger partial charge on any atom is 0.134 e. The van der Waals surface area contributed by atoms with Gasteiger partial charge in [-0.3, -0.25) is 0 Å². The summed E-state index contributed by atoms with van der Waals surface area (Å²) in [6, 6.07) is 3.38. The molecule has 1 rings (SSSR count). The van der Waals surface area contributed by atoms with Crippen LogP contribution in [0.2, 0.25) is 0 Å². The largest absolute Gasteiger partial charge is 0.507 e. The van der Waals surface area contributed by atoms with Crippen LogP contribution in [0.1, 0.15) is 0 Å². The van der Waals surface area contributed by atoms with Crippen LogP contribution in [0, 0.1) is 7.14 Å². The summed E-state index contributed by atoms with van der Waals surface area (Å²) >= 11 is 4.09. The molecule has 0 atom stereocenters. The monoisotopic (exact) mass is 406 g/mol. The number of ether oxygens (including phenoxy) is 1. The standard InChI is InChI=1S/C8H8I2O3/c9-5-4-8(13-2-1-11)6(10)3-7(5)12/h3-4,11-12H,1-2H2. The Morgan fingerprint density at radius 3 is 2.54 bits per heavy atom. The van der Waals surface area contributed by atoms with E-state index >= 15 is 0 Å². The van der Waals surface area contributed by atoms with E-state index in [2.05, 4.69) is 22.6 Å². The van der Waals surface area contributed by atoms with Crippen molar-refractivity contribution in [1.82, 2.24) is 0 Å². The van der Waals surface area contributed by atoms with Gasteiger partial charge < -0.3 is 14.9 Å². The van der Waals surface area contributed by atoms with E-state index in [-0.39, 0.29) is 19.0 Å². The van der Waals surface area contributed by atoms with E-state index in [9.17, 15) is 5.11 Å². The highest BCUT2D eigenvalue weighted by molar-refractivity contribution is 14.1. The Kier molecular flexibility index (Phi) is 4.53. The van der Waals surface area contributed by atoms with Crippen molar-refractivity contribution in [3.05, 3.63) is 19.3 Å². The average Bonchev–Trinajstić information content (AvgIpc) is 2.09. The number of aliphatic hydroxyl groups excluding tert-OH is 1. The summed E-state index contributed by atoms with van der Waals surface area (Å²) in [4.78, 5) is 0. The topological polar surface area (TPSA) is 49.7 Å². The zero-order valence-electron chi connectivity index (χ0n) is 6.63. The minimum atomic E-state index is -0.00641. The molecule has 0 aliphatic carbocycles. The highest BCUT2D eigenvalue weighted by Crippen LogP contribution is 2.30. The van der Waals surface area contributed by atoms with Crippen LogP contribution in [-0.2, 0) is 0 Å². The molecule has 72 valence electrons. The molecule has 0 saturated heterocycles. The first-order chi connectivity index (χ1) is 6.15. The zero-order chi connectivity index (χ0) is 9.84. The fraction of sp³-hybridized carbons (Fsp3) is 0.250. The first-order valence-corrected chi connectivity index (χ1v) is 5.72. The predicted molar refractivity (Wildman–Crippen MR) is 66.1 cm³/mol. The first-order valence-electron chi connectivity index (χ1n) is 3.57. The first kappa shape index (κ1) is 11.3. The summed E-state index contributed by atoms with van der Waals surface area (Å²) in [5.74, 6) is 0.943. The van der Waals surface area contributed by atoms with E-state index in [4.69, 9.17) is 9.84 Å². The summed E-state index contributed by atoms with van der Waals surface area (Å²) in [6.45, 7) is 0.268. The van der Waals surface area contributed by atoms with Crippen LogP contribution < -0.4 is 4.74 Å². The van der Waals surface area contributed by atoms with Crippen LogP contribution in [0.3, 0.4) is 0 Å². The van der Waals surface area contributed by atoms with Gasteiger partial charge in [-0.1, -0.05) is 0 Å². The average molecular weight is 406 g/mol. The number of rotatable bonds is 3. The highest BCUT2D eigenvalue weighted by Gasteiger charge is 2.05. The van der Waals surface area contributed by atoms with Crippen LogP contribution >= 0.6 is 45.2 Å². The van der Waals surface area contributed by atoms with Crippen LogP contribution in [0.5, 0.6) is 11.5 Å². The predicted octanol–water partition coefficient (Wildman–Crippen LogP) is 1.97. The van der Waals surface area contributed by atoms with Gasteiger partial charge in [-0.05, 0) is 57.3 Å². The van der Waals surface area contributed by atoms with E-state index in [0.717, 1.165) is 7.14 Å². The van der Waals surface area contributed by atoms with Gasteiger partial charge in [-0.2, -0.15) is 0 Å². The molecule has 0 unspecified atom stereocenters. The van der Waals surface area contributed by atoms with Gasteiger partial charge in [0, 0.05) is 0 Å². The van der Waals surface area contributed by atoms with Crippen molar-refractivity contribution in [2.45, 2.75) is 0 Å². The maximum atomic E-state index is 9.33. The zero-order valence-corrected chi connectivity index (χ0v) is 10.9. The minimum Gasteiger partial charge on any atom is -0.507 e. The molecule has 0 heterocycles. The third-order valence-corrected chi connectivity index (χ3v) is 3.06. The smallest absolute Gasteiger partial charge is 0.134 e. The van der Waals surface area contributed by atoms with Crippen LogP contribution in [0.15, 0.2) is 12.1 Å². The Bertz CT molecular complexity index is 302. The number of phenolic OH excluding ortho intramolecular Hbond substituents is 1. The van der Waals surface area contributed by atoms with Crippen molar-refractivity contribution in [1.29, 1.82) is 0 Å². The van der Waals surface area contributed by atoms with Crippen LogP contribution in [0.4, 0.5) is 0 Å². The van der Waals surface area contributed by atoms with Gasteiger partial charge in [0.1, 0.15) is 18.1 Å². The fourth-order valence-electron chi connectivity index (χ4n) is 0.784. The number of benzene rings is 1. The van der Waals surface area contributed by atoms with Crippen molar-refractivity contribution in [2.24, 2.45) is 0 Å². The van der Waals surface area contributed by atoms with Crippen molar-refractivity contribution >= 4 is 45.2 Å². The van der Waals surface area contributed by atoms with E-state index in [1.54, 1.807) is 12.1 Å². The SMILES string of the molecule is OCCOc1cc(I)c(O)cc1I. The lowest BCUT2D eigenvalue weighted by atomic mass is 10.3.